The summed E-state index contributed by atoms with van der Waals surface area (Å²) in [6, 6.07) is 2.24. The van der Waals surface area contributed by atoms with Gasteiger partial charge in [0.15, 0.2) is 0 Å². The van der Waals surface area contributed by atoms with Gasteiger partial charge in [0.1, 0.15) is 5.41 Å². The van der Waals surface area contributed by atoms with Gasteiger partial charge in [-0.3, -0.25) is 4.79 Å². The number of nitrogens with zero attached hydrogens (tertiary/aromatic N) is 3. The number of amides is 1. The van der Waals surface area contributed by atoms with Crippen LogP contribution in [0.15, 0.2) is 0 Å². The first kappa shape index (κ1) is 14.8. The van der Waals surface area contributed by atoms with Gasteiger partial charge in [0.2, 0.25) is 15.9 Å². The molecule has 116 valence electrons. The molecule has 6 nitrogen and oxygen atoms in total. The topological polar surface area (TPSA) is 81.5 Å². The molecule has 1 saturated carbocycles. The zero-order valence-electron chi connectivity index (χ0n) is 12.3. The highest BCUT2D eigenvalue weighted by molar-refractivity contribution is 7.88. The average molecular weight is 311 g/mol. The van der Waals surface area contributed by atoms with E-state index in [1.165, 1.54) is 10.6 Å². The third-order valence-electron chi connectivity index (χ3n) is 5.29. The van der Waals surface area contributed by atoms with Crippen molar-refractivity contribution in [3.05, 3.63) is 0 Å². The Bertz CT molecular complexity index is 595. The molecule has 1 amide bonds. The Hall–Kier alpha value is -1.13. The Morgan fingerprint density at radius 2 is 1.76 bits per heavy atom. The normalized spacial score (nSPS) is 27.5. The fourth-order valence-corrected chi connectivity index (χ4v) is 4.93. The lowest BCUT2D eigenvalue weighted by molar-refractivity contribution is -0.150. The quantitative estimate of drug-likeness (QED) is 0.746. The molecule has 0 bridgehead atoms. The van der Waals surface area contributed by atoms with Gasteiger partial charge in [-0.2, -0.15) is 5.26 Å². The van der Waals surface area contributed by atoms with E-state index in [2.05, 4.69) is 6.07 Å². The predicted octanol–water partition coefficient (Wildman–Crippen LogP) is 0.564. The number of sulfonamides is 1. The summed E-state index contributed by atoms with van der Waals surface area (Å²) >= 11 is 0. The van der Waals surface area contributed by atoms with E-state index < -0.39 is 15.4 Å². The molecule has 21 heavy (non-hydrogen) atoms. The van der Waals surface area contributed by atoms with Gasteiger partial charge in [-0.25, -0.2) is 12.7 Å². The van der Waals surface area contributed by atoms with Crippen molar-refractivity contribution in [2.75, 3.05) is 32.4 Å². The van der Waals surface area contributed by atoms with E-state index >= 15 is 0 Å². The predicted molar refractivity (Wildman–Crippen MR) is 76.6 cm³/mol. The molecule has 1 aliphatic carbocycles. The molecule has 0 unspecified atom stereocenters. The van der Waals surface area contributed by atoms with Crippen LogP contribution >= 0.6 is 0 Å². The number of carbonyl (C=O) groups excluding carboxylic acids is 1. The first-order valence-corrected chi connectivity index (χ1v) is 9.31. The van der Waals surface area contributed by atoms with E-state index in [0.717, 1.165) is 19.3 Å². The Labute approximate surface area is 125 Å². The fourth-order valence-electron chi connectivity index (χ4n) is 4.00. The van der Waals surface area contributed by atoms with Crippen LogP contribution in [0.4, 0.5) is 0 Å². The number of carbonyl (C=O) groups is 1. The summed E-state index contributed by atoms with van der Waals surface area (Å²) in [5, 5.41) is 9.38. The van der Waals surface area contributed by atoms with Crippen LogP contribution in [0.2, 0.25) is 0 Å². The van der Waals surface area contributed by atoms with E-state index in [-0.39, 0.29) is 11.3 Å². The molecule has 2 aliphatic heterocycles. The lowest BCUT2D eigenvalue weighted by atomic mass is 9.76. The smallest absolute Gasteiger partial charge is 0.243 e. The van der Waals surface area contributed by atoms with E-state index in [1.54, 1.807) is 4.90 Å². The number of likely N-dealkylation sites (tertiary alicyclic amines) is 1. The van der Waals surface area contributed by atoms with Gasteiger partial charge in [-0.05, 0) is 19.3 Å². The van der Waals surface area contributed by atoms with Crippen molar-refractivity contribution in [1.29, 1.82) is 5.26 Å². The Morgan fingerprint density at radius 3 is 2.24 bits per heavy atom. The maximum atomic E-state index is 12.6. The summed E-state index contributed by atoms with van der Waals surface area (Å²) in [5.41, 5.74) is -0.884. The van der Waals surface area contributed by atoms with Crippen LogP contribution in [0, 0.1) is 22.2 Å². The molecule has 2 saturated heterocycles. The Morgan fingerprint density at radius 1 is 1.14 bits per heavy atom. The molecule has 3 fully saturated rings. The van der Waals surface area contributed by atoms with Crippen LogP contribution < -0.4 is 0 Å². The minimum absolute atomic E-state index is 0.0362. The lowest BCUT2D eigenvalue weighted by Crippen LogP contribution is -2.62. The second kappa shape index (κ2) is 4.68. The van der Waals surface area contributed by atoms with Gasteiger partial charge in [0.25, 0.3) is 0 Å². The summed E-state index contributed by atoms with van der Waals surface area (Å²) in [5.74, 6) is -0.0362. The van der Waals surface area contributed by atoms with Crippen LogP contribution in [0.3, 0.4) is 0 Å². The van der Waals surface area contributed by atoms with Gasteiger partial charge in [-0.15, -0.1) is 0 Å². The molecule has 0 aromatic rings. The van der Waals surface area contributed by atoms with Crippen molar-refractivity contribution in [1.82, 2.24) is 9.21 Å². The summed E-state index contributed by atoms with van der Waals surface area (Å²) in [6.07, 6.45) is 5.27. The molecule has 1 spiro atoms. The Kier molecular flexibility index (Phi) is 3.30. The molecule has 0 radical (unpaired) electrons. The van der Waals surface area contributed by atoms with Crippen LogP contribution in [0.25, 0.3) is 0 Å². The highest BCUT2D eigenvalue weighted by Gasteiger charge is 2.54. The number of rotatable bonds is 2. The molecule has 0 aromatic carbocycles. The van der Waals surface area contributed by atoms with Crippen molar-refractivity contribution in [3.8, 4) is 6.07 Å². The molecule has 3 aliphatic rings. The molecule has 7 heteroatoms. The maximum Gasteiger partial charge on any atom is 0.243 e. The maximum absolute atomic E-state index is 12.6. The van der Waals surface area contributed by atoms with Crippen molar-refractivity contribution in [2.24, 2.45) is 10.8 Å². The molecule has 0 atom stereocenters. The summed E-state index contributed by atoms with van der Waals surface area (Å²) in [6.45, 7) is 2.25. The van der Waals surface area contributed by atoms with E-state index in [0.29, 0.717) is 39.0 Å². The highest BCUT2D eigenvalue weighted by atomic mass is 32.2. The van der Waals surface area contributed by atoms with Gasteiger partial charge in [0.05, 0.1) is 12.3 Å². The van der Waals surface area contributed by atoms with E-state index in [1.807, 2.05) is 0 Å². The van der Waals surface area contributed by atoms with Crippen LogP contribution in [0.5, 0.6) is 0 Å². The van der Waals surface area contributed by atoms with Crippen LogP contribution in [-0.4, -0.2) is 56.0 Å². The van der Waals surface area contributed by atoms with Crippen molar-refractivity contribution in [3.63, 3.8) is 0 Å². The molecule has 3 rings (SSSR count). The molecule has 2 heterocycles. The van der Waals surface area contributed by atoms with E-state index in [4.69, 9.17) is 0 Å². The van der Waals surface area contributed by atoms with Gasteiger partial charge in [-0.1, -0.05) is 12.8 Å². The summed E-state index contributed by atoms with van der Waals surface area (Å²) in [4.78, 5) is 14.3. The number of hydrogen-bond acceptors (Lipinski definition) is 4. The van der Waals surface area contributed by atoms with Crippen molar-refractivity contribution < 1.29 is 13.2 Å². The lowest BCUT2D eigenvalue weighted by Gasteiger charge is -2.49. The highest BCUT2D eigenvalue weighted by Crippen LogP contribution is 2.45. The van der Waals surface area contributed by atoms with Crippen molar-refractivity contribution >= 4 is 15.9 Å². The van der Waals surface area contributed by atoms with Crippen molar-refractivity contribution in [2.45, 2.75) is 32.1 Å². The third-order valence-corrected chi connectivity index (χ3v) is 6.54. The van der Waals surface area contributed by atoms with Gasteiger partial charge < -0.3 is 4.90 Å². The Balaban J connectivity index is 1.64. The number of nitriles is 1. The minimum atomic E-state index is -3.14. The van der Waals surface area contributed by atoms with Crippen LogP contribution in [-0.2, 0) is 14.8 Å². The molecular weight excluding hydrogens is 290 g/mol. The first-order chi connectivity index (χ1) is 9.80. The average Bonchev–Trinajstić information content (AvgIpc) is 3.03. The standard InChI is InChI=1S/C14H21N3O3S/c1-21(19,20)17-7-6-13(11-17)9-16(10-13)12(18)14(8-15)4-2-3-5-14/h2-7,9-11H2,1H3. The third kappa shape index (κ3) is 2.34. The van der Waals surface area contributed by atoms with E-state index in [9.17, 15) is 18.5 Å². The monoisotopic (exact) mass is 311 g/mol. The fraction of sp³-hybridized carbons (Fsp3) is 0.857. The summed E-state index contributed by atoms with van der Waals surface area (Å²) < 4.78 is 24.7. The van der Waals surface area contributed by atoms with Crippen LogP contribution in [0.1, 0.15) is 32.1 Å². The number of hydrogen-bond donors (Lipinski definition) is 0. The second-order valence-corrected chi connectivity index (χ2v) is 8.89. The minimum Gasteiger partial charge on any atom is -0.340 e. The van der Waals surface area contributed by atoms with Gasteiger partial charge >= 0.3 is 0 Å². The zero-order valence-corrected chi connectivity index (χ0v) is 13.2. The molecule has 0 aromatic heterocycles. The van der Waals surface area contributed by atoms with Gasteiger partial charge in [0, 0.05) is 31.6 Å². The largest absolute Gasteiger partial charge is 0.340 e. The second-order valence-electron chi connectivity index (χ2n) is 6.91. The summed E-state index contributed by atoms with van der Waals surface area (Å²) in [7, 11) is -3.14. The molecular formula is C14H21N3O3S. The molecule has 0 N–H and O–H groups in total. The SMILES string of the molecule is CS(=O)(=O)N1CCC2(CN(C(=O)C3(C#N)CCCC3)C2)C1. The zero-order chi connectivity index (χ0) is 15.3. The first-order valence-electron chi connectivity index (χ1n) is 7.46.